The number of amides is 1. The van der Waals surface area contributed by atoms with Gasteiger partial charge in [-0.1, -0.05) is 42.5 Å². The molecular weight excluding hydrogens is 451 g/mol. The summed E-state index contributed by atoms with van der Waals surface area (Å²) in [5.74, 6) is -1.61. The summed E-state index contributed by atoms with van der Waals surface area (Å²) < 4.78 is 41.4. The number of fused-ring (bicyclic) bond motifs is 1. The lowest BCUT2D eigenvalue weighted by atomic mass is 10.2. The molecule has 0 radical (unpaired) electrons. The molecule has 2 N–H and O–H groups in total. The van der Waals surface area contributed by atoms with Crippen LogP contribution in [0.3, 0.4) is 0 Å². The van der Waals surface area contributed by atoms with E-state index in [2.05, 4.69) is 10.6 Å². The first-order valence-electron chi connectivity index (χ1n) is 9.82. The number of hydrogen-bond acceptors (Lipinski definition) is 6. The second-order valence-electron chi connectivity index (χ2n) is 7.36. The SMILES string of the molecule is Cn1c2c(c(=O)n(Cc3ccccc3)c1=O)S(=O)(=O)C(C(=O)NCc1ccc(F)cc1)=CN2. The van der Waals surface area contributed by atoms with Gasteiger partial charge in [0, 0.05) is 19.8 Å². The van der Waals surface area contributed by atoms with Crippen LogP contribution < -0.4 is 21.9 Å². The molecule has 0 spiro atoms. The van der Waals surface area contributed by atoms with Gasteiger partial charge in [-0.15, -0.1) is 0 Å². The summed E-state index contributed by atoms with van der Waals surface area (Å²) >= 11 is 0. The van der Waals surface area contributed by atoms with Gasteiger partial charge in [0.05, 0.1) is 6.54 Å². The fraction of sp³-hybridized carbons (Fsp3) is 0.136. The summed E-state index contributed by atoms with van der Waals surface area (Å²) in [5, 5.41) is 5.04. The Hall–Kier alpha value is -3.99. The third kappa shape index (κ3) is 4.10. The maximum atomic E-state index is 13.2. The van der Waals surface area contributed by atoms with Gasteiger partial charge in [-0.2, -0.15) is 0 Å². The number of nitrogens with zero attached hydrogens (tertiary/aromatic N) is 2. The molecule has 2 aromatic carbocycles. The van der Waals surface area contributed by atoms with Gasteiger partial charge in [0.15, 0.2) is 9.80 Å². The third-order valence-corrected chi connectivity index (χ3v) is 6.97. The number of rotatable bonds is 5. The van der Waals surface area contributed by atoms with Crippen molar-refractivity contribution >= 4 is 21.6 Å². The fourth-order valence-electron chi connectivity index (χ4n) is 3.43. The zero-order chi connectivity index (χ0) is 23.8. The van der Waals surface area contributed by atoms with Crippen molar-refractivity contribution in [3.8, 4) is 0 Å². The molecule has 0 saturated heterocycles. The first-order chi connectivity index (χ1) is 15.7. The van der Waals surface area contributed by atoms with Gasteiger partial charge in [-0.05, 0) is 23.3 Å². The molecule has 0 saturated carbocycles. The quantitative estimate of drug-likeness (QED) is 0.576. The number of benzene rings is 2. The number of sulfone groups is 1. The van der Waals surface area contributed by atoms with Crippen molar-refractivity contribution in [1.29, 1.82) is 0 Å². The van der Waals surface area contributed by atoms with E-state index in [9.17, 15) is 27.2 Å². The predicted molar refractivity (Wildman–Crippen MR) is 119 cm³/mol. The Morgan fingerprint density at radius 3 is 2.36 bits per heavy atom. The summed E-state index contributed by atoms with van der Waals surface area (Å²) in [6.45, 7) is -0.185. The number of hydrogen-bond donors (Lipinski definition) is 2. The normalized spacial score (nSPS) is 14.1. The van der Waals surface area contributed by atoms with Crippen molar-refractivity contribution in [1.82, 2.24) is 14.5 Å². The van der Waals surface area contributed by atoms with Gasteiger partial charge in [0.1, 0.15) is 11.6 Å². The van der Waals surface area contributed by atoms with E-state index in [-0.39, 0.29) is 18.9 Å². The number of nitrogens with one attached hydrogen (secondary N) is 2. The van der Waals surface area contributed by atoms with Crippen molar-refractivity contribution in [3.63, 3.8) is 0 Å². The highest BCUT2D eigenvalue weighted by molar-refractivity contribution is 7.96. The first kappa shape index (κ1) is 22.2. The average molecular weight is 470 g/mol. The van der Waals surface area contributed by atoms with Crippen molar-refractivity contribution in [2.24, 2.45) is 7.05 Å². The molecule has 0 unspecified atom stereocenters. The van der Waals surface area contributed by atoms with Crippen LogP contribution in [0.25, 0.3) is 0 Å². The maximum Gasteiger partial charge on any atom is 0.332 e. The Bertz CT molecular complexity index is 1490. The van der Waals surface area contributed by atoms with E-state index in [0.717, 1.165) is 15.3 Å². The van der Waals surface area contributed by atoms with Gasteiger partial charge in [0.2, 0.25) is 9.84 Å². The van der Waals surface area contributed by atoms with Crippen LogP contribution in [0.4, 0.5) is 10.2 Å². The second-order valence-corrected chi connectivity index (χ2v) is 9.22. The highest BCUT2D eigenvalue weighted by Crippen LogP contribution is 2.27. The van der Waals surface area contributed by atoms with Crippen LogP contribution >= 0.6 is 0 Å². The summed E-state index contributed by atoms with van der Waals surface area (Å²) in [5.41, 5.74) is -0.547. The Balaban J connectivity index is 1.70. The Labute approximate surface area is 187 Å². The lowest BCUT2D eigenvalue weighted by Crippen LogP contribution is -2.45. The minimum atomic E-state index is -4.54. The average Bonchev–Trinajstić information content (AvgIpc) is 2.79. The van der Waals surface area contributed by atoms with E-state index >= 15 is 0 Å². The standard InChI is InChI=1S/C22H19FN4O5S/c1-26-19-18(21(29)27(22(26)30)13-15-5-3-2-4-6-15)33(31,32)17(12-24-19)20(28)25-11-14-7-9-16(23)10-8-14/h2-10,12,24H,11,13H2,1H3,(H,25,28). The molecule has 170 valence electrons. The van der Waals surface area contributed by atoms with Crippen molar-refractivity contribution in [3.05, 3.63) is 103 Å². The summed E-state index contributed by atoms with van der Waals surface area (Å²) in [7, 11) is -3.21. The highest BCUT2D eigenvalue weighted by Gasteiger charge is 2.37. The van der Waals surface area contributed by atoms with Crippen LogP contribution in [0.15, 0.2) is 80.2 Å². The molecule has 0 fully saturated rings. The van der Waals surface area contributed by atoms with E-state index < -0.39 is 42.6 Å². The molecule has 2 heterocycles. The molecule has 1 aromatic heterocycles. The predicted octanol–water partition coefficient (Wildman–Crippen LogP) is 1.09. The zero-order valence-corrected chi connectivity index (χ0v) is 18.2. The Kier molecular flexibility index (Phi) is 5.73. The molecule has 1 aliphatic heterocycles. The van der Waals surface area contributed by atoms with Gasteiger partial charge in [0.25, 0.3) is 11.5 Å². The van der Waals surface area contributed by atoms with E-state index in [1.807, 2.05) is 0 Å². The summed E-state index contributed by atoms with van der Waals surface area (Å²) in [4.78, 5) is 37.2. The Morgan fingerprint density at radius 2 is 1.70 bits per heavy atom. The van der Waals surface area contributed by atoms with Crippen LogP contribution in [-0.4, -0.2) is 23.5 Å². The molecule has 3 aromatic rings. The van der Waals surface area contributed by atoms with E-state index in [1.165, 1.54) is 31.3 Å². The fourth-order valence-corrected chi connectivity index (χ4v) is 4.97. The topological polar surface area (TPSA) is 119 Å². The second kappa shape index (κ2) is 8.51. The van der Waals surface area contributed by atoms with Crippen LogP contribution in [-0.2, 0) is 34.8 Å². The van der Waals surface area contributed by atoms with Crippen LogP contribution in [0, 0.1) is 5.82 Å². The third-order valence-electron chi connectivity index (χ3n) is 5.18. The number of halogens is 1. The Morgan fingerprint density at radius 1 is 1.03 bits per heavy atom. The summed E-state index contributed by atoms with van der Waals surface area (Å²) in [6, 6.07) is 14.0. The van der Waals surface area contributed by atoms with E-state index in [4.69, 9.17) is 0 Å². The monoisotopic (exact) mass is 470 g/mol. The molecule has 4 rings (SSSR count). The van der Waals surface area contributed by atoms with Crippen LogP contribution in [0.1, 0.15) is 11.1 Å². The van der Waals surface area contributed by atoms with Crippen molar-refractivity contribution < 1.29 is 17.6 Å². The molecule has 1 aliphatic rings. The lowest BCUT2D eigenvalue weighted by Gasteiger charge is -2.21. The van der Waals surface area contributed by atoms with Gasteiger partial charge < -0.3 is 10.6 Å². The molecule has 9 nitrogen and oxygen atoms in total. The number of carbonyl (C=O) groups is 1. The molecule has 11 heteroatoms. The maximum absolute atomic E-state index is 13.2. The minimum absolute atomic E-state index is 0.0512. The molecular formula is C22H19FN4O5S. The molecule has 1 amide bonds. The number of aromatic nitrogens is 2. The molecule has 33 heavy (non-hydrogen) atoms. The van der Waals surface area contributed by atoms with E-state index in [1.54, 1.807) is 30.3 Å². The highest BCUT2D eigenvalue weighted by atomic mass is 32.2. The van der Waals surface area contributed by atoms with E-state index in [0.29, 0.717) is 11.1 Å². The number of anilines is 1. The molecule has 0 bridgehead atoms. The minimum Gasteiger partial charge on any atom is -0.347 e. The largest absolute Gasteiger partial charge is 0.347 e. The first-order valence-corrected chi connectivity index (χ1v) is 11.3. The lowest BCUT2D eigenvalue weighted by molar-refractivity contribution is -0.117. The number of carbonyl (C=O) groups excluding carboxylic acids is 1. The van der Waals surface area contributed by atoms with Crippen LogP contribution in [0.5, 0.6) is 0 Å². The van der Waals surface area contributed by atoms with Crippen molar-refractivity contribution in [2.45, 2.75) is 18.0 Å². The molecule has 0 atom stereocenters. The van der Waals surface area contributed by atoms with Crippen LogP contribution in [0.2, 0.25) is 0 Å². The summed E-state index contributed by atoms with van der Waals surface area (Å²) in [6.07, 6.45) is 0.943. The van der Waals surface area contributed by atoms with Gasteiger partial charge in [-0.3, -0.25) is 18.7 Å². The molecule has 0 aliphatic carbocycles. The zero-order valence-electron chi connectivity index (χ0n) is 17.4. The van der Waals surface area contributed by atoms with Crippen molar-refractivity contribution in [2.75, 3.05) is 5.32 Å². The van der Waals surface area contributed by atoms with Gasteiger partial charge in [-0.25, -0.2) is 17.6 Å². The van der Waals surface area contributed by atoms with Gasteiger partial charge >= 0.3 is 5.69 Å². The smallest absolute Gasteiger partial charge is 0.332 e.